The zero-order valence-electron chi connectivity index (χ0n) is 19.7. The van der Waals surface area contributed by atoms with E-state index in [1.807, 2.05) is 52.1 Å². The first kappa shape index (κ1) is 24.7. The number of nitrogens with zero attached hydrogens (tertiary/aromatic N) is 3. The second-order valence-electron chi connectivity index (χ2n) is 8.77. The first-order valence-electron chi connectivity index (χ1n) is 11.9. The number of fused-ring (bicyclic) bond motifs is 1. The average Bonchev–Trinajstić information content (AvgIpc) is 3.54. The van der Waals surface area contributed by atoms with Crippen molar-refractivity contribution in [3.8, 4) is 0 Å². The Labute approximate surface area is 219 Å². The molecular weight excluding hydrogens is 515 g/mol. The van der Waals surface area contributed by atoms with Gasteiger partial charge in [-0.3, -0.25) is 9.59 Å². The largest absolute Gasteiger partial charge is 0.376 e. The summed E-state index contributed by atoms with van der Waals surface area (Å²) in [6, 6.07) is 15.9. The predicted octanol–water partition coefficient (Wildman–Crippen LogP) is 3.50. The molecule has 3 aromatic rings. The van der Waals surface area contributed by atoms with E-state index in [9.17, 15) is 18.0 Å². The molecule has 10 heteroatoms. The third-order valence-corrected chi connectivity index (χ3v) is 10.2. The van der Waals surface area contributed by atoms with Gasteiger partial charge in [0.1, 0.15) is 5.57 Å². The van der Waals surface area contributed by atoms with Crippen molar-refractivity contribution >= 4 is 44.7 Å². The fraction of sp³-hybridized carbons (Fsp3) is 0.308. The number of carbonyl (C=O) groups excluding carboxylic acids is 2. The molecule has 2 aromatic heterocycles. The SMILES string of the molecule is O=C1C(=CN2CCc3ccccc3CC2)C(=O)N(CCc2cccs2)S(=O)(=O)N1CCc1cccs1. The van der Waals surface area contributed by atoms with E-state index in [1.165, 1.54) is 33.8 Å². The summed E-state index contributed by atoms with van der Waals surface area (Å²) < 4.78 is 28.7. The third-order valence-electron chi connectivity index (χ3n) is 6.52. The van der Waals surface area contributed by atoms with Gasteiger partial charge in [-0.2, -0.15) is 8.42 Å². The summed E-state index contributed by atoms with van der Waals surface area (Å²) in [5, 5.41) is 3.84. The second-order valence-corrected chi connectivity index (χ2v) is 12.6. The summed E-state index contributed by atoms with van der Waals surface area (Å²) in [6.45, 7) is 1.29. The molecule has 1 fully saturated rings. The van der Waals surface area contributed by atoms with Crippen molar-refractivity contribution in [1.29, 1.82) is 0 Å². The minimum absolute atomic E-state index is 0.00670. The molecule has 7 nitrogen and oxygen atoms in total. The van der Waals surface area contributed by atoms with Gasteiger partial charge in [-0.25, -0.2) is 8.61 Å². The van der Waals surface area contributed by atoms with Crippen molar-refractivity contribution < 1.29 is 18.0 Å². The number of carbonyl (C=O) groups is 2. The van der Waals surface area contributed by atoms with E-state index in [0.29, 0.717) is 25.9 Å². The molecule has 4 heterocycles. The predicted molar refractivity (Wildman–Crippen MR) is 142 cm³/mol. The molecular formula is C26H27N3O4S3. The topological polar surface area (TPSA) is 78.0 Å². The van der Waals surface area contributed by atoms with Crippen molar-refractivity contribution in [2.45, 2.75) is 25.7 Å². The molecule has 0 bridgehead atoms. The highest BCUT2D eigenvalue weighted by atomic mass is 32.2. The monoisotopic (exact) mass is 541 g/mol. The molecule has 0 atom stereocenters. The van der Waals surface area contributed by atoms with Crippen LogP contribution in [0.4, 0.5) is 0 Å². The van der Waals surface area contributed by atoms with Crippen molar-refractivity contribution in [3.05, 3.63) is 91.9 Å². The van der Waals surface area contributed by atoms with Gasteiger partial charge in [0.2, 0.25) is 0 Å². The van der Waals surface area contributed by atoms with Gasteiger partial charge < -0.3 is 4.90 Å². The Bertz CT molecular complexity index is 1270. The van der Waals surface area contributed by atoms with Crippen LogP contribution >= 0.6 is 22.7 Å². The molecule has 5 rings (SSSR count). The molecule has 1 saturated heterocycles. The van der Waals surface area contributed by atoms with Crippen LogP contribution in [-0.2, 0) is 45.5 Å². The zero-order chi connectivity index (χ0) is 25.1. The molecule has 1 aromatic carbocycles. The summed E-state index contributed by atoms with van der Waals surface area (Å²) in [5.74, 6) is -1.49. The minimum atomic E-state index is -4.28. The lowest BCUT2D eigenvalue weighted by atomic mass is 10.0. The lowest BCUT2D eigenvalue weighted by Gasteiger charge is -2.36. The smallest absolute Gasteiger partial charge is 0.331 e. The Morgan fingerprint density at radius 3 is 1.69 bits per heavy atom. The Kier molecular flexibility index (Phi) is 7.27. The maximum atomic E-state index is 13.5. The van der Waals surface area contributed by atoms with Gasteiger partial charge in [-0.1, -0.05) is 36.4 Å². The van der Waals surface area contributed by atoms with E-state index < -0.39 is 22.0 Å². The van der Waals surface area contributed by atoms with Crippen LogP contribution in [0.5, 0.6) is 0 Å². The number of benzene rings is 1. The maximum Gasteiger partial charge on any atom is 0.331 e. The van der Waals surface area contributed by atoms with E-state index in [4.69, 9.17) is 0 Å². The number of hydrogen-bond acceptors (Lipinski definition) is 7. The highest BCUT2D eigenvalue weighted by Crippen LogP contribution is 2.26. The third kappa shape index (κ3) is 5.11. The molecule has 0 unspecified atom stereocenters. The molecule has 0 radical (unpaired) electrons. The summed E-state index contributed by atoms with van der Waals surface area (Å²) in [5.41, 5.74) is 2.43. The maximum absolute atomic E-state index is 13.5. The van der Waals surface area contributed by atoms with Crippen LogP contribution < -0.4 is 0 Å². The molecule has 2 aliphatic rings. The summed E-state index contributed by atoms with van der Waals surface area (Å²) in [4.78, 5) is 30.9. The van der Waals surface area contributed by atoms with E-state index >= 15 is 0 Å². The standard InChI is InChI=1S/C26H27N3O4S3/c30-25-24(19-27-13-9-20-5-1-2-6-21(20)10-14-27)26(31)29(16-12-23-8-4-18-35-23)36(32,33)28(25)15-11-22-7-3-17-34-22/h1-8,17-19H,9-16H2. The Morgan fingerprint density at radius 2 is 1.25 bits per heavy atom. The Hall–Kier alpha value is -2.95. The van der Waals surface area contributed by atoms with Crippen LogP contribution in [0.25, 0.3) is 0 Å². The molecule has 0 spiro atoms. The summed E-state index contributed by atoms with van der Waals surface area (Å²) >= 11 is 3.03. The number of rotatable bonds is 7. The molecule has 2 amide bonds. The van der Waals surface area contributed by atoms with E-state index in [2.05, 4.69) is 12.1 Å². The molecule has 0 N–H and O–H groups in total. The van der Waals surface area contributed by atoms with Gasteiger partial charge in [-0.05, 0) is 46.9 Å². The van der Waals surface area contributed by atoms with Crippen LogP contribution in [-0.4, -0.2) is 59.9 Å². The fourth-order valence-electron chi connectivity index (χ4n) is 4.56. The molecule has 0 saturated carbocycles. The van der Waals surface area contributed by atoms with E-state index in [-0.39, 0.29) is 18.7 Å². The first-order valence-corrected chi connectivity index (χ1v) is 15.1. The van der Waals surface area contributed by atoms with Crippen LogP contribution in [0.1, 0.15) is 20.9 Å². The number of hydrogen-bond donors (Lipinski definition) is 0. The van der Waals surface area contributed by atoms with Crippen molar-refractivity contribution in [2.75, 3.05) is 26.2 Å². The van der Waals surface area contributed by atoms with Crippen LogP contribution in [0.15, 0.2) is 71.1 Å². The van der Waals surface area contributed by atoms with Gasteiger partial charge in [0, 0.05) is 55.0 Å². The quantitative estimate of drug-likeness (QED) is 0.338. The Balaban J connectivity index is 1.43. The van der Waals surface area contributed by atoms with E-state index in [1.54, 1.807) is 6.20 Å². The van der Waals surface area contributed by atoms with Crippen molar-refractivity contribution in [1.82, 2.24) is 13.5 Å². The highest BCUT2D eigenvalue weighted by Gasteiger charge is 2.46. The molecule has 36 heavy (non-hydrogen) atoms. The molecule has 0 aliphatic carbocycles. The van der Waals surface area contributed by atoms with Gasteiger partial charge >= 0.3 is 10.2 Å². The normalized spacial score (nSPS) is 17.8. The lowest BCUT2D eigenvalue weighted by molar-refractivity contribution is -0.132. The average molecular weight is 542 g/mol. The summed E-state index contributed by atoms with van der Waals surface area (Å²) in [6.07, 6.45) is 3.99. The van der Waals surface area contributed by atoms with Gasteiger partial charge in [0.25, 0.3) is 11.8 Å². The molecule has 2 aliphatic heterocycles. The van der Waals surface area contributed by atoms with Crippen LogP contribution in [0.2, 0.25) is 0 Å². The minimum Gasteiger partial charge on any atom is -0.376 e. The van der Waals surface area contributed by atoms with Gasteiger partial charge in [0.05, 0.1) is 0 Å². The highest BCUT2D eigenvalue weighted by molar-refractivity contribution is 7.88. The van der Waals surface area contributed by atoms with Crippen molar-refractivity contribution in [3.63, 3.8) is 0 Å². The van der Waals surface area contributed by atoms with E-state index in [0.717, 1.165) is 31.2 Å². The van der Waals surface area contributed by atoms with Gasteiger partial charge in [-0.15, -0.1) is 22.7 Å². The second kappa shape index (κ2) is 10.6. The van der Waals surface area contributed by atoms with Crippen molar-refractivity contribution in [2.24, 2.45) is 0 Å². The van der Waals surface area contributed by atoms with Gasteiger partial charge in [0.15, 0.2) is 0 Å². The lowest BCUT2D eigenvalue weighted by Crippen LogP contribution is -2.57. The zero-order valence-corrected chi connectivity index (χ0v) is 22.2. The Morgan fingerprint density at radius 1 is 0.750 bits per heavy atom. The number of thiophene rings is 2. The fourth-order valence-corrected chi connectivity index (χ4v) is 7.46. The summed E-state index contributed by atoms with van der Waals surface area (Å²) in [7, 11) is -4.28. The van der Waals surface area contributed by atoms with Crippen LogP contribution in [0.3, 0.4) is 0 Å². The number of amides is 2. The first-order chi connectivity index (χ1) is 17.4. The van der Waals surface area contributed by atoms with Crippen LogP contribution in [0, 0.1) is 0 Å². The molecule has 188 valence electrons.